The molecule has 3 aromatic heterocycles. The van der Waals surface area contributed by atoms with Gasteiger partial charge in [0.1, 0.15) is 11.9 Å². The Morgan fingerprint density at radius 2 is 1.97 bits per heavy atom. The molecular weight excluding hydrogens is 446 g/mol. The fourth-order valence-corrected chi connectivity index (χ4v) is 4.56. The number of nitrogens with one attached hydrogen (secondary N) is 1. The Balaban J connectivity index is 1.14. The fraction of sp³-hybridized carbons (Fsp3) is 0.440. The molecule has 0 bridgehead atoms. The number of hydrogen-bond acceptors (Lipinski definition) is 9. The maximum atomic E-state index is 12.9. The molecule has 5 rings (SSSR count). The zero-order valence-electron chi connectivity index (χ0n) is 19.8. The van der Waals surface area contributed by atoms with Crippen molar-refractivity contribution in [3.8, 4) is 17.7 Å². The molecule has 35 heavy (non-hydrogen) atoms. The maximum Gasteiger partial charge on any atom is 0.266 e. The standard InChI is InChI=1S/C25H29N7O3/c1-30-10-12-31(13-11-30)22-15-18(4-7-27-22)17-28-23(33)19-5-8-32(9-6-19)25-20(16-26)29-24(35-25)21-3-2-14-34-21/h2-4,7,14-15,19H,5-6,8-13,17H2,1H3,(H,28,33). The van der Waals surface area contributed by atoms with E-state index in [1.54, 1.807) is 12.1 Å². The second-order valence-corrected chi connectivity index (χ2v) is 9.05. The number of aromatic nitrogens is 2. The first-order chi connectivity index (χ1) is 17.1. The van der Waals surface area contributed by atoms with Gasteiger partial charge in [-0.25, -0.2) is 4.98 Å². The van der Waals surface area contributed by atoms with E-state index in [0.717, 1.165) is 37.6 Å². The van der Waals surface area contributed by atoms with Gasteiger partial charge in [-0.1, -0.05) is 0 Å². The van der Waals surface area contributed by atoms with Crippen LogP contribution in [0.2, 0.25) is 0 Å². The van der Waals surface area contributed by atoms with Gasteiger partial charge in [-0.3, -0.25) is 4.79 Å². The highest BCUT2D eigenvalue weighted by atomic mass is 16.4. The van der Waals surface area contributed by atoms with E-state index in [1.165, 1.54) is 6.26 Å². The van der Waals surface area contributed by atoms with Gasteiger partial charge >= 0.3 is 0 Å². The van der Waals surface area contributed by atoms with Crippen LogP contribution in [0.3, 0.4) is 0 Å². The van der Waals surface area contributed by atoms with E-state index in [1.807, 2.05) is 17.2 Å². The molecule has 0 unspecified atom stereocenters. The topological polar surface area (TPSA) is 115 Å². The van der Waals surface area contributed by atoms with Crippen molar-refractivity contribution in [1.82, 2.24) is 20.2 Å². The van der Waals surface area contributed by atoms with Crippen molar-refractivity contribution in [3.05, 3.63) is 48.0 Å². The van der Waals surface area contributed by atoms with Crippen LogP contribution in [0.1, 0.15) is 24.1 Å². The normalized spacial score (nSPS) is 17.4. The zero-order valence-corrected chi connectivity index (χ0v) is 19.8. The van der Waals surface area contributed by atoms with Crippen LogP contribution >= 0.6 is 0 Å². The second-order valence-electron chi connectivity index (χ2n) is 9.05. The highest BCUT2D eigenvalue weighted by molar-refractivity contribution is 5.79. The minimum atomic E-state index is -0.0804. The van der Waals surface area contributed by atoms with E-state index in [0.29, 0.717) is 44.1 Å². The highest BCUT2D eigenvalue weighted by Gasteiger charge is 2.29. The molecule has 2 saturated heterocycles. The second kappa shape index (κ2) is 10.2. The van der Waals surface area contributed by atoms with Crippen molar-refractivity contribution in [2.24, 2.45) is 5.92 Å². The van der Waals surface area contributed by atoms with Crippen LogP contribution in [0.15, 0.2) is 45.6 Å². The Morgan fingerprint density at radius 1 is 1.17 bits per heavy atom. The van der Waals surface area contributed by atoms with E-state index in [9.17, 15) is 10.1 Å². The lowest BCUT2D eigenvalue weighted by Gasteiger charge is -2.33. The van der Waals surface area contributed by atoms with Gasteiger partial charge in [0.15, 0.2) is 5.76 Å². The molecule has 2 aliphatic heterocycles. The fourth-order valence-electron chi connectivity index (χ4n) is 4.56. The molecule has 0 aliphatic carbocycles. The predicted molar refractivity (Wildman–Crippen MR) is 130 cm³/mol. The third-order valence-electron chi connectivity index (χ3n) is 6.70. The summed E-state index contributed by atoms with van der Waals surface area (Å²) in [6.45, 7) is 5.67. The lowest BCUT2D eigenvalue weighted by molar-refractivity contribution is -0.125. The van der Waals surface area contributed by atoms with Gasteiger partial charge in [0.25, 0.3) is 5.89 Å². The van der Waals surface area contributed by atoms with E-state index < -0.39 is 0 Å². The summed E-state index contributed by atoms with van der Waals surface area (Å²) >= 11 is 0. The van der Waals surface area contributed by atoms with Crippen LogP contribution in [0.5, 0.6) is 0 Å². The minimum absolute atomic E-state index is 0.0527. The number of piperidine rings is 1. The number of likely N-dealkylation sites (N-methyl/N-ethyl adjacent to an activating group) is 1. The predicted octanol–water partition coefficient (Wildman–Crippen LogP) is 2.49. The van der Waals surface area contributed by atoms with Gasteiger partial charge in [-0.05, 0) is 49.7 Å². The molecule has 0 saturated carbocycles. The Labute approximate surface area is 204 Å². The van der Waals surface area contributed by atoms with Crippen LogP contribution in [0.25, 0.3) is 11.7 Å². The molecule has 2 fully saturated rings. The van der Waals surface area contributed by atoms with Crippen molar-refractivity contribution < 1.29 is 13.6 Å². The number of pyridine rings is 1. The molecule has 5 heterocycles. The summed E-state index contributed by atoms with van der Waals surface area (Å²) in [6, 6.07) is 9.60. The van der Waals surface area contributed by atoms with E-state index >= 15 is 0 Å². The number of piperazine rings is 1. The number of rotatable bonds is 6. The zero-order chi connectivity index (χ0) is 24.2. The highest BCUT2D eigenvalue weighted by Crippen LogP contribution is 2.31. The van der Waals surface area contributed by atoms with E-state index in [-0.39, 0.29) is 23.4 Å². The van der Waals surface area contributed by atoms with Crippen LogP contribution in [0, 0.1) is 17.2 Å². The van der Waals surface area contributed by atoms with Crippen molar-refractivity contribution >= 4 is 17.6 Å². The van der Waals surface area contributed by atoms with Gasteiger partial charge in [0.05, 0.1) is 6.26 Å². The number of nitrogens with zero attached hydrogens (tertiary/aromatic N) is 6. The monoisotopic (exact) mass is 475 g/mol. The molecule has 0 aromatic carbocycles. The van der Waals surface area contributed by atoms with Crippen LogP contribution in [0.4, 0.5) is 11.7 Å². The third kappa shape index (κ3) is 5.15. The lowest BCUT2D eigenvalue weighted by Crippen LogP contribution is -2.44. The van der Waals surface area contributed by atoms with Crippen LogP contribution in [-0.2, 0) is 11.3 Å². The summed E-state index contributed by atoms with van der Waals surface area (Å²) in [7, 11) is 2.13. The van der Waals surface area contributed by atoms with E-state index in [4.69, 9.17) is 8.83 Å². The summed E-state index contributed by atoms with van der Waals surface area (Å²) in [5.74, 6) is 2.14. The van der Waals surface area contributed by atoms with Crippen molar-refractivity contribution in [3.63, 3.8) is 0 Å². The Bertz CT molecular complexity index is 1180. The molecule has 3 aromatic rings. The summed E-state index contributed by atoms with van der Waals surface area (Å²) in [4.78, 5) is 28.2. The minimum Gasteiger partial charge on any atom is -0.459 e. The average Bonchev–Trinajstić information content (AvgIpc) is 3.58. The summed E-state index contributed by atoms with van der Waals surface area (Å²) in [6.07, 6.45) is 4.70. The summed E-state index contributed by atoms with van der Waals surface area (Å²) in [5.41, 5.74) is 1.28. The van der Waals surface area contributed by atoms with Gasteiger partial charge in [-0.15, -0.1) is 0 Å². The largest absolute Gasteiger partial charge is 0.459 e. The van der Waals surface area contributed by atoms with Crippen LogP contribution in [-0.4, -0.2) is 67.1 Å². The first kappa shape index (κ1) is 22.9. The van der Waals surface area contributed by atoms with Crippen molar-refractivity contribution in [2.75, 3.05) is 56.1 Å². The van der Waals surface area contributed by atoms with E-state index in [2.05, 4.69) is 44.3 Å². The number of oxazole rings is 1. The molecule has 10 nitrogen and oxygen atoms in total. The van der Waals surface area contributed by atoms with Crippen molar-refractivity contribution in [2.45, 2.75) is 19.4 Å². The van der Waals surface area contributed by atoms with Crippen molar-refractivity contribution in [1.29, 1.82) is 5.26 Å². The molecule has 1 amide bonds. The molecule has 10 heteroatoms. The number of nitriles is 1. The SMILES string of the molecule is CN1CCN(c2cc(CNC(=O)C3CCN(c4oc(-c5ccco5)nc4C#N)CC3)ccn2)CC1. The molecule has 0 radical (unpaired) electrons. The maximum absolute atomic E-state index is 12.9. The quantitative estimate of drug-likeness (QED) is 0.574. The van der Waals surface area contributed by atoms with Gasteiger partial charge in [0, 0.05) is 57.9 Å². The number of furan rings is 1. The Morgan fingerprint density at radius 3 is 2.69 bits per heavy atom. The molecule has 182 valence electrons. The first-order valence-corrected chi connectivity index (χ1v) is 12.0. The number of hydrogen-bond donors (Lipinski definition) is 1. The molecular formula is C25H29N7O3. The third-order valence-corrected chi connectivity index (χ3v) is 6.70. The molecule has 0 spiro atoms. The number of carbonyl (C=O) groups excluding carboxylic acids is 1. The number of amides is 1. The molecule has 2 aliphatic rings. The smallest absolute Gasteiger partial charge is 0.266 e. The lowest BCUT2D eigenvalue weighted by atomic mass is 9.96. The average molecular weight is 476 g/mol. The Hall–Kier alpha value is -3.84. The van der Waals surface area contributed by atoms with Gasteiger partial charge < -0.3 is 28.9 Å². The Kier molecular flexibility index (Phi) is 6.68. The number of anilines is 2. The summed E-state index contributed by atoms with van der Waals surface area (Å²) in [5, 5.41) is 12.6. The van der Waals surface area contributed by atoms with Gasteiger partial charge in [-0.2, -0.15) is 10.2 Å². The molecule has 0 atom stereocenters. The first-order valence-electron chi connectivity index (χ1n) is 12.0. The number of carbonyl (C=O) groups is 1. The molecule has 1 N–H and O–H groups in total. The van der Waals surface area contributed by atoms with Crippen LogP contribution < -0.4 is 15.1 Å². The summed E-state index contributed by atoms with van der Waals surface area (Å²) < 4.78 is 11.2. The van der Waals surface area contributed by atoms with Gasteiger partial charge in [0.2, 0.25) is 17.5 Å².